The summed E-state index contributed by atoms with van der Waals surface area (Å²) < 4.78 is 0.789. The average Bonchev–Trinajstić information content (AvgIpc) is 2.66. The second-order valence-corrected chi connectivity index (χ2v) is 7.55. The van der Waals surface area contributed by atoms with Crippen LogP contribution in [0, 0.1) is 3.57 Å². The highest BCUT2D eigenvalue weighted by molar-refractivity contribution is 14.1. The molecule has 1 aliphatic carbocycles. The standard InChI is InChI=1S/C21H11ClINO3/c22-14-8-3-6-12-17(14)19(25)13-7-4-10-16(18(13)20(12)26)24-21(27)11-5-1-2-9-15(11)23/h1-10H,(H,24,27). The Morgan fingerprint density at radius 1 is 0.815 bits per heavy atom. The maximum Gasteiger partial charge on any atom is 0.256 e. The number of ketones is 2. The van der Waals surface area contributed by atoms with Crippen LogP contribution >= 0.6 is 34.2 Å². The monoisotopic (exact) mass is 487 g/mol. The molecule has 0 unspecified atom stereocenters. The van der Waals surface area contributed by atoms with Crippen molar-refractivity contribution in [1.82, 2.24) is 0 Å². The molecule has 4 rings (SSSR count). The van der Waals surface area contributed by atoms with Gasteiger partial charge in [-0.2, -0.15) is 0 Å². The smallest absolute Gasteiger partial charge is 0.256 e. The Labute approximate surface area is 173 Å². The fourth-order valence-electron chi connectivity index (χ4n) is 3.14. The van der Waals surface area contributed by atoms with Crippen molar-refractivity contribution in [2.75, 3.05) is 5.32 Å². The second kappa shape index (κ2) is 6.90. The zero-order chi connectivity index (χ0) is 19.1. The molecule has 3 aromatic carbocycles. The summed E-state index contributed by atoms with van der Waals surface area (Å²) in [6.45, 7) is 0. The van der Waals surface area contributed by atoms with Crippen LogP contribution in [0.25, 0.3) is 0 Å². The second-order valence-electron chi connectivity index (χ2n) is 5.98. The lowest BCUT2D eigenvalue weighted by molar-refractivity contribution is 0.0978. The largest absolute Gasteiger partial charge is 0.321 e. The summed E-state index contributed by atoms with van der Waals surface area (Å²) in [6.07, 6.45) is 0. The van der Waals surface area contributed by atoms with Gasteiger partial charge in [0.1, 0.15) is 0 Å². The minimum absolute atomic E-state index is 0.191. The fourth-order valence-corrected chi connectivity index (χ4v) is 4.03. The van der Waals surface area contributed by atoms with Crippen LogP contribution < -0.4 is 5.32 Å². The Kier molecular flexibility index (Phi) is 4.57. The number of fused-ring (bicyclic) bond motifs is 2. The first kappa shape index (κ1) is 17.9. The number of carbonyl (C=O) groups excluding carboxylic acids is 3. The first-order chi connectivity index (χ1) is 13.0. The molecule has 4 nitrogen and oxygen atoms in total. The Bertz CT molecular complexity index is 1140. The van der Waals surface area contributed by atoms with Gasteiger partial charge in [0.2, 0.25) is 0 Å². The van der Waals surface area contributed by atoms with Crippen molar-refractivity contribution < 1.29 is 14.4 Å². The van der Waals surface area contributed by atoms with Crippen LogP contribution in [0.15, 0.2) is 60.7 Å². The molecule has 0 aliphatic heterocycles. The molecule has 0 saturated carbocycles. The van der Waals surface area contributed by atoms with Crippen molar-refractivity contribution in [2.45, 2.75) is 0 Å². The third-order valence-electron chi connectivity index (χ3n) is 4.39. The molecule has 3 aromatic rings. The van der Waals surface area contributed by atoms with E-state index in [1.165, 1.54) is 0 Å². The van der Waals surface area contributed by atoms with Crippen molar-refractivity contribution in [3.8, 4) is 0 Å². The summed E-state index contributed by atoms with van der Waals surface area (Å²) in [5.74, 6) is -0.998. The molecule has 0 spiro atoms. The average molecular weight is 488 g/mol. The first-order valence-electron chi connectivity index (χ1n) is 8.06. The van der Waals surface area contributed by atoms with E-state index in [0.29, 0.717) is 11.3 Å². The highest BCUT2D eigenvalue weighted by Gasteiger charge is 2.33. The third-order valence-corrected chi connectivity index (χ3v) is 5.64. The van der Waals surface area contributed by atoms with Gasteiger partial charge in [-0.05, 0) is 46.9 Å². The molecule has 1 aliphatic rings. The number of rotatable bonds is 2. The lowest BCUT2D eigenvalue weighted by Gasteiger charge is -2.21. The molecular weight excluding hydrogens is 477 g/mol. The molecule has 1 N–H and O–H groups in total. The Morgan fingerprint density at radius 2 is 1.44 bits per heavy atom. The van der Waals surface area contributed by atoms with Crippen LogP contribution in [0.2, 0.25) is 5.02 Å². The van der Waals surface area contributed by atoms with E-state index in [0.717, 1.165) is 3.57 Å². The molecule has 132 valence electrons. The summed E-state index contributed by atoms with van der Waals surface area (Å²) in [7, 11) is 0. The van der Waals surface area contributed by atoms with Gasteiger partial charge < -0.3 is 5.32 Å². The maximum atomic E-state index is 13.0. The molecule has 0 fully saturated rings. The molecule has 27 heavy (non-hydrogen) atoms. The zero-order valence-corrected chi connectivity index (χ0v) is 16.7. The van der Waals surface area contributed by atoms with Gasteiger partial charge in [-0.3, -0.25) is 14.4 Å². The summed E-state index contributed by atoms with van der Waals surface area (Å²) >= 11 is 8.22. The van der Waals surface area contributed by atoms with Gasteiger partial charge in [0.25, 0.3) is 5.91 Å². The van der Waals surface area contributed by atoms with E-state index < -0.39 is 0 Å². The normalized spacial score (nSPS) is 12.4. The number of nitrogens with one attached hydrogen (secondary N) is 1. The number of amides is 1. The predicted octanol–water partition coefficient (Wildman–Crippen LogP) is 4.97. The van der Waals surface area contributed by atoms with Crippen LogP contribution in [0.1, 0.15) is 42.2 Å². The molecule has 1 amide bonds. The van der Waals surface area contributed by atoms with Gasteiger partial charge in [-0.1, -0.05) is 48.0 Å². The van der Waals surface area contributed by atoms with Crippen LogP contribution in [0.5, 0.6) is 0 Å². The molecule has 0 aromatic heterocycles. The van der Waals surface area contributed by atoms with E-state index in [4.69, 9.17) is 11.6 Å². The van der Waals surface area contributed by atoms with E-state index in [1.807, 2.05) is 12.1 Å². The van der Waals surface area contributed by atoms with Crippen molar-refractivity contribution >= 4 is 57.4 Å². The minimum Gasteiger partial charge on any atom is -0.321 e. The highest BCUT2D eigenvalue weighted by atomic mass is 127. The van der Waals surface area contributed by atoms with E-state index >= 15 is 0 Å². The van der Waals surface area contributed by atoms with Gasteiger partial charge in [-0.25, -0.2) is 0 Å². The van der Waals surface area contributed by atoms with Gasteiger partial charge in [0.15, 0.2) is 11.6 Å². The van der Waals surface area contributed by atoms with E-state index in [2.05, 4.69) is 27.9 Å². The van der Waals surface area contributed by atoms with Crippen LogP contribution in [0.4, 0.5) is 5.69 Å². The lowest BCUT2D eigenvalue weighted by atomic mass is 9.83. The number of halogens is 2. The first-order valence-corrected chi connectivity index (χ1v) is 9.51. The third kappa shape index (κ3) is 2.96. The molecule has 0 atom stereocenters. The molecular formula is C21H11ClINO3. The number of anilines is 1. The maximum absolute atomic E-state index is 13.0. The summed E-state index contributed by atoms with van der Waals surface area (Å²) in [5, 5.41) is 3.01. The Morgan fingerprint density at radius 3 is 2.19 bits per heavy atom. The summed E-state index contributed by atoms with van der Waals surface area (Å²) in [4.78, 5) is 38.6. The van der Waals surface area contributed by atoms with Crippen molar-refractivity contribution in [3.63, 3.8) is 0 Å². The molecule has 0 radical (unpaired) electrons. The van der Waals surface area contributed by atoms with E-state index in [9.17, 15) is 14.4 Å². The summed E-state index contributed by atoms with van der Waals surface area (Å²) in [5.41, 5.74) is 1.68. The zero-order valence-electron chi connectivity index (χ0n) is 13.8. The quantitative estimate of drug-likeness (QED) is 0.406. The molecule has 0 bridgehead atoms. The van der Waals surface area contributed by atoms with Crippen LogP contribution in [0.3, 0.4) is 0 Å². The van der Waals surface area contributed by atoms with Crippen molar-refractivity contribution in [3.05, 3.63) is 97.1 Å². The molecule has 0 heterocycles. The Hall–Kier alpha value is -2.51. The molecule has 6 heteroatoms. The minimum atomic E-state index is -0.342. The van der Waals surface area contributed by atoms with E-state index in [-0.39, 0.29) is 44.8 Å². The van der Waals surface area contributed by atoms with Gasteiger partial charge >= 0.3 is 0 Å². The van der Waals surface area contributed by atoms with Crippen molar-refractivity contribution in [1.29, 1.82) is 0 Å². The lowest BCUT2D eigenvalue weighted by Crippen LogP contribution is -2.24. The van der Waals surface area contributed by atoms with Gasteiger partial charge in [0, 0.05) is 14.7 Å². The molecule has 0 saturated heterocycles. The fraction of sp³-hybridized carbons (Fsp3) is 0. The number of carbonyl (C=O) groups is 3. The summed E-state index contributed by atoms with van der Waals surface area (Å²) in [6, 6.07) is 16.7. The van der Waals surface area contributed by atoms with Gasteiger partial charge in [-0.15, -0.1) is 0 Å². The van der Waals surface area contributed by atoms with Crippen LogP contribution in [-0.2, 0) is 0 Å². The predicted molar refractivity (Wildman–Crippen MR) is 112 cm³/mol. The highest BCUT2D eigenvalue weighted by Crippen LogP contribution is 2.35. The Balaban J connectivity index is 1.81. The topological polar surface area (TPSA) is 63.2 Å². The number of benzene rings is 3. The van der Waals surface area contributed by atoms with Crippen LogP contribution in [-0.4, -0.2) is 17.5 Å². The van der Waals surface area contributed by atoms with Gasteiger partial charge in [0.05, 0.1) is 27.4 Å². The number of hydrogen-bond acceptors (Lipinski definition) is 3. The SMILES string of the molecule is O=C(Nc1cccc2c1C(=O)c1cccc(Cl)c1C2=O)c1ccccc1I. The van der Waals surface area contributed by atoms with Crippen molar-refractivity contribution in [2.24, 2.45) is 0 Å². The number of hydrogen-bond donors (Lipinski definition) is 1. The van der Waals surface area contributed by atoms with E-state index in [1.54, 1.807) is 48.5 Å².